The van der Waals surface area contributed by atoms with Crippen LogP contribution in [0.25, 0.3) is 0 Å². The second-order valence-corrected chi connectivity index (χ2v) is 5.23. The van der Waals surface area contributed by atoms with Crippen molar-refractivity contribution in [2.24, 2.45) is 5.10 Å². The van der Waals surface area contributed by atoms with Gasteiger partial charge in [-0.2, -0.15) is 5.10 Å². The Labute approximate surface area is 152 Å². The first kappa shape index (κ1) is 19.0. The molecule has 0 fully saturated rings. The summed E-state index contributed by atoms with van der Waals surface area (Å²) in [5.74, 6) is 0.290. The van der Waals surface area contributed by atoms with Gasteiger partial charge in [0.2, 0.25) is 11.8 Å². The lowest BCUT2D eigenvalue weighted by atomic mass is 10.2. The molecule has 0 saturated heterocycles. The number of anilines is 1. The third kappa shape index (κ3) is 5.94. The summed E-state index contributed by atoms with van der Waals surface area (Å²) in [6.45, 7) is 2.38. The normalized spacial score (nSPS) is 10.4. The van der Waals surface area contributed by atoms with Crippen LogP contribution in [0.15, 0.2) is 53.6 Å². The highest BCUT2D eigenvalue weighted by atomic mass is 16.5. The quantitative estimate of drug-likeness (QED) is 0.433. The fourth-order valence-electron chi connectivity index (χ4n) is 2.13. The van der Waals surface area contributed by atoms with Crippen molar-refractivity contribution in [2.45, 2.75) is 13.3 Å². The second-order valence-electron chi connectivity index (χ2n) is 5.23. The van der Waals surface area contributed by atoms with Crippen LogP contribution in [0.1, 0.15) is 18.9 Å². The number of amides is 2. The highest BCUT2D eigenvalue weighted by molar-refractivity contribution is 6.03. The molecule has 0 bridgehead atoms. The maximum Gasteiger partial charge on any atom is 0.249 e. The number of ether oxygens (including phenoxy) is 2. The van der Waals surface area contributed by atoms with E-state index in [1.165, 1.54) is 6.21 Å². The molecule has 2 N–H and O–H groups in total. The molecule has 2 aromatic rings. The van der Waals surface area contributed by atoms with Crippen LogP contribution in [-0.4, -0.2) is 31.7 Å². The van der Waals surface area contributed by atoms with Crippen molar-refractivity contribution in [3.63, 3.8) is 0 Å². The van der Waals surface area contributed by atoms with Gasteiger partial charge in [0.25, 0.3) is 0 Å². The monoisotopic (exact) mass is 355 g/mol. The van der Waals surface area contributed by atoms with Gasteiger partial charge in [-0.25, -0.2) is 5.43 Å². The van der Waals surface area contributed by atoms with Crippen LogP contribution < -0.4 is 20.2 Å². The maximum atomic E-state index is 11.8. The van der Waals surface area contributed by atoms with E-state index < -0.39 is 11.8 Å². The van der Waals surface area contributed by atoms with Gasteiger partial charge in [0.15, 0.2) is 11.5 Å². The number of benzene rings is 2. The molecular formula is C19H21N3O4. The Morgan fingerprint density at radius 2 is 1.85 bits per heavy atom. The van der Waals surface area contributed by atoms with Crippen molar-refractivity contribution in [1.29, 1.82) is 0 Å². The average molecular weight is 355 g/mol. The first-order chi connectivity index (χ1) is 12.6. The molecule has 7 nitrogen and oxygen atoms in total. The number of hydrazone groups is 1. The van der Waals surface area contributed by atoms with Crippen molar-refractivity contribution in [2.75, 3.05) is 19.0 Å². The number of hydrogen-bond donors (Lipinski definition) is 2. The summed E-state index contributed by atoms with van der Waals surface area (Å²) in [4.78, 5) is 23.6. The largest absolute Gasteiger partial charge is 0.493 e. The lowest BCUT2D eigenvalue weighted by Crippen LogP contribution is -2.24. The molecule has 0 saturated carbocycles. The molecule has 0 unspecified atom stereocenters. The Kier molecular flexibility index (Phi) is 7.17. The van der Waals surface area contributed by atoms with Gasteiger partial charge in [-0.3, -0.25) is 9.59 Å². The van der Waals surface area contributed by atoms with Crippen molar-refractivity contribution in [3.05, 3.63) is 54.1 Å². The summed E-state index contributed by atoms with van der Waals surface area (Å²) in [7, 11) is 1.56. The third-order valence-corrected chi connectivity index (χ3v) is 3.27. The SMILES string of the molecule is CCOc1cc(C=NNC(=O)CC(=O)Nc2ccccc2)ccc1OC. The van der Waals surface area contributed by atoms with E-state index in [1.807, 2.05) is 13.0 Å². The molecule has 0 aliphatic carbocycles. The van der Waals surface area contributed by atoms with Crippen molar-refractivity contribution in [1.82, 2.24) is 5.43 Å². The van der Waals surface area contributed by atoms with Crippen LogP contribution in [-0.2, 0) is 9.59 Å². The summed E-state index contributed by atoms with van der Waals surface area (Å²) in [6, 6.07) is 14.2. The molecule has 2 rings (SSSR count). The molecule has 0 radical (unpaired) electrons. The number of nitrogens with one attached hydrogen (secondary N) is 2. The second kappa shape index (κ2) is 9.83. The van der Waals surface area contributed by atoms with Gasteiger partial charge < -0.3 is 14.8 Å². The zero-order chi connectivity index (χ0) is 18.8. The Morgan fingerprint density at radius 1 is 1.08 bits per heavy atom. The molecule has 0 atom stereocenters. The Balaban J connectivity index is 1.86. The summed E-state index contributed by atoms with van der Waals surface area (Å²) in [6.07, 6.45) is 1.15. The van der Waals surface area contributed by atoms with Crippen LogP contribution in [0.4, 0.5) is 5.69 Å². The molecular weight excluding hydrogens is 334 g/mol. The van der Waals surface area contributed by atoms with Crippen LogP contribution in [0.3, 0.4) is 0 Å². The number of carbonyl (C=O) groups excluding carboxylic acids is 2. The zero-order valence-electron chi connectivity index (χ0n) is 14.7. The fourth-order valence-corrected chi connectivity index (χ4v) is 2.13. The first-order valence-electron chi connectivity index (χ1n) is 8.10. The molecule has 7 heteroatoms. The molecule has 136 valence electrons. The lowest BCUT2D eigenvalue weighted by molar-refractivity contribution is -0.126. The third-order valence-electron chi connectivity index (χ3n) is 3.27. The van der Waals surface area contributed by atoms with E-state index >= 15 is 0 Å². The summed E-state index contributed by atoms with van der Waals surface area (Å²) in [5.41, 5.74) is 3.69. The van der Waals surface area contributed by atoms with Gasteiger partial charge in [0.1, 0.15) is 6.42 Å². The van der Waals surface area contributed by atoms with Crippen LogP contribution in [0, 0.1) is 0 Å². The van der Waals surface area contributed by atoms with E-state index in [9.17, 15) is 9.59 Å². The highest BCUT2D eigenvalue weighted by Crippen LogP contribution is 2.27. The predicted octanol–water partition coefficient (Wildman–Crippen LogP) is 2.57. The standard InChI is InChI=1S/C19H21N3O4/c1-3-26-17-11-14(9-10-16(17)25-2)13-20-22-19(24)12-18(23)21-15-7-5-4-6-8-15/h4-11,13H,3,12H2,1-2H3,(H,21,23)(H,22,24). The number of hydrogen-bond acceptors (Lipinski definition) is 5. The van der Waals surface area contributed by atoms with E-state index in [0.717, 1.165) is 5.56 Å². The molecule has 26 heavy (non-hydrogen) atoms. The van der Waals surface area contributed by atoms with Crippen LogP contribution in [0.2, 0.25) is 0 Å². The zero-order valence-corrected chi connectivity index (χ0v) is 14.7. The predicted molar refractivity (Wildman–Crippen MR) is 99.6 cm³/mol. The van der Waals surface area contributed by atoms with E-state index in [-0.39, 0.29) is 6.42 Å². The van der Waals surface area contributed by atoms with Gasteiger partial charge >= 0.3 is 0 Å². The van der Waals surface area contributed by atoms with Gasteiger partial charge in [-0.05, 0) is 42.8 Å². The fraction of sp³-hybridized carbons (Fsp3) is 0.211. The van der Waals surface area contributed by atoms with Gasteiger partial charge in [-0.15, -0.1) is 0 Å². The molecule has 2 amide bonds. The van der Waals surface area contributed by atoms with Crippen molar-refractivity contribution in [3.8, 4) is 11.5 Å². The van der Waals surface area contributed by atoms with Crippen molar-refractivity contribution >= 4 is 23.7 Å². The average Bonchev–Trinajstić information content (AvgIpc) is 2.63. The van der Waals surface area contributed by atoms with E-state index in [0.29, 0.717) is 23.8 Å². The summed E-state index contributed by atoms with van der Waals surface area (Å²) in [5, 5.41) is 6.49. The maximum absolute atomic E-state index is 11.8. The molecule has 2 aromatic carbocycles. The molecule has 0 heterocycles. The first-order valence-corrected chi connectivity index (χ1v) is 8.10. The van der Waals surface area contributed by atoms with Crippen LogP contribution in [0.5, 0.6) is 11.5 Å². The Morgan fingerprint density at radius 3 is 2.54 bits per heavy atom. The summed E-state index contributed by atoms with van der Waals surface area (Å²) < 4.78 is 10.7. The minimum absolute atomic E-state index is 0.320. The minimum atomic E-state index is -0.506. The molecule has 0 aromatic heterocycles. The smallest absolute Gasteiger partial charge is 0.249 e. The lowest BCUT2D eigenvalue weighted by Gasteiger charge is -2.09. The number of carbonyl (C=O) groups is 2. The number of para-hydroxylation sites is 1. The topological polar surface area (TPSA) is 89.0 Å². The van der Waals surface area contributed by atoms with Gasteiger partial charge in [-0.1, -0.05) is 18.2 Å². The molecule has 0 aliphatic heterocycles. The van der Waals surface area contributed by atoms with Gasteiger partial charge in [0.05, 0.1) is 19.9 Å². The summed E-state index contributed by atoms with van der Waals surface area (Å²) >= 11 is 0. The number of nitrogens with zero attached hydrogens (tertiary/aromatic N) is 1. The van der Waals surface area contributed by atoms with Gasteiger partial charge in [0, 0.05) is 5.69 Å². The van der Waals surface area contributed by atoms with Crippen molar-refractivity contribution < 1.29 is 19.1 Å². The van der Waals surface area contributed by atoms with E-state index in [4.69, 9.17) is 9.47 Å². The minimum Gasteiger partial charge on any atom is -0.493 e. The number of rotatable bonds is 8. The Bertz CT molecular complexity index is 776. The van der Waals surface area contributed by atoms with Crippen LogP contribution >= 0.6 is 0 Å². The van der Waals surface area contributed by atoms with E-state index in [2.05, 4.69) is 15.8 Å². The van der Waals surface area contributed by atoms with E-state index in [1.54, 1.807) is 49.6 Å². The molecule has 0 aliphatic rings. The number of methoxy groups -OCH3 is 1. The highest BCUT2D eigenvalue weighted by Gasteiger charge is 2.09. The Hall–Kier alpha value is -3.35. The molecule has 0 spiro atoms.